The van der Waals surface area contributed by atoms with Gasteiger partial charge in [-0.1, -0.05) is 284 Å². The third-order valence-electron chi connectivity index (χ3n) is 22.4. The average Bonchev–Trinajstić information content (AvgIpc) is 2.34. The van der Waals surface area contributed by atoms with E-state index in [9.17, 15) is 0 Å². The van der Waals surface area contributed by atoms with Gasteiger partial charge in [0.15, 0.2) is 0 Å². The number of rotatable bonds is 8. The molecule has 0 amide bonds. The van der Waals surface area contributed by atoms with Gasteiger partial charge in [0.2, 0.25) is 6.71 Å². The molecule has 0 aromatic heterocycles. The average molecular weight is 1090 g/mol. The molecule has 13 rings (SSSR count). The third kappa shape index (κ3) is 9.39. The molecular weight excluding hydrogens is 996 g/mol. The lowest BCUT2D eigenvalue weighted by Gasteiger charge is -2.45. The predicted molar refractivity (Wildman–Crippen MR) is 357 cm³/mol. The number of aryl methyl sites for hydroxylation is 2. The van der Waals surface area contributed by atoms with Gasteiger partial charge in [-0.05, 0) is 196 Å². The SMILES string of the molecule is Cc1cc2c(cc1CCC1c3cc4c(cc3B3c5cc6c(cc5C(c5ccc(C(C)(C)C)cc5-c5ccccc5)Cc5cc(C(c7ccccc7)c7ccccc7)cc1c53)C(C)(C)CCC6(C)C)C(C)(C)CCC4(C)C)C(C)(C)CC2(C)C. The summed E-state index contributed by atoms with van der Waals surface area (Å²) in [5, 5.41) is 0. The van der Waals surface area contributed by atoms with Crippen LogP contribution in [0.3, 0.4) is 0 Å². The molecule has 2 heterocycles. The fourth-order valence-corrected chi connectivity index (χ4v) is 17.5. The second-order valence-corrected chi connectivity index (χ2v) is 32.0. The zero-order valence-corrected chi connectivity index (χ0v) is 53.5. The van der Waals surface area contributed by atoms with E-state index in [1.54, 1.807) is 60.9 Å². The van der Waals surface area contributed by atoms with Gasteiger partial charge >= 0.3 is 0 Å². The van der Waals surface area contributed by atoms with Crippen molar-refractivity contribution in [3.05, 3.63) is 252 Å². The van der Waals surface area contributed by atoms with Gasteiger partial charge in [0.25, 0.3) is 0 Å². The van der Waals surface area contributed by atoms with Crippen molar-refractivity contribution in [3.8, 4) is 11.1 Å². The van der Waals surface area contributed by atoms with E-state index in [0.29, 0.717) is 0 Å². The highest BCUT2D eigenvalue weighted by Gasteiger charge is 2.49. The van der Waals surface area contributed by atoms with Crippen LogP contribution in [-0.2, 0) is 50.7 Å². The van der Waals surface area contributed by atoms with Gasteiger partial charge in [0, 0.05) is 17.8 Å². The molecule has 0 saturated carbocycles. The molecule has 1 heteroatoms. The van der Waals surface area contributed by atoms with E-state index < -0.39 is 0 Å². The lowest BCUT2D eigenvalue weighted by Crippen LogP contribution is -2.60. The maximum Gasteiger partial charge on any atom is 0.242 e. The summed E-state index contributed by atoms with van der Waals surface area (Å²) in [4.78, 5) is 0. The number of benzene rings is 8. The molecule has 5 aliphatic rings. The topological polar surface area (TPSA) is 0 Å². The first-order valence-electron chi connectivity index (χ1n) is 32.1. The molecule has 83 heavy (non-hydrogen) atoms. The van der Waals surface area contributed by atoms with Crippen LogP contribution in [0.4, 0.5) is 0 Å². The standard InChI is InChI=1S/C82H93B/c1-51-40-66-67(82(15,16)50-81(66,13)14)44-55(51)32-34-60-63-46-68-70(79(9,10)38-36-77(68,5)6)48-72(63)83-73-49-71-69(78(7,8)37-39-80(71,11)12)47-64(73)62(59-35-33-58(76(2,3)4)45-61(59)52-26-20-17-21-27-52)43-57-41-56(42-65(60)75(57)83)74(53-28-22-18-23-29-53)54-30-24-19-25-31-54/h17-31,33,35,40-42,44-49,60,62,74H,32,34,36-39,43,50H2,1-16H3. The Morgan fingerprint density at radius 3 is 1.48 bits per heavy atom. The Labute approximate surface area is 501 Å². The molecule has 3 aliphatic carbocycles. The van der Waals surface area contributed by atoms with Crippen LogP contribution in [0.1, 0.15) is 255 Å². The summed E-state index contributed by atoms with van der Waals surface area (Å²) in [6, 6.07) is 64.1. The first kappa shape index (κ1) is 56.0. The van der Waals surface area contributed by atoms with Crippen LogP contribution in [0.5, 0.6) is 0 Å². The molecule has 0 fully saturated rings. The molecule has 0 nitrogen and oxygen atoms in total. The van der Waals surface area contributed by atoms with Crippen molar-refractivity contribution < 1.29 is 0 Å². The number of hydrogen-bond acceptors (Lipinski definition) is 0. The van der Waals surface area contributed by atoms with Crippen molar-refractivity contribution in [2.24, 2.45) is 0 Å². The summed E-state index contributed by atoms with van der Waals surface area (Å²) in [5.74, 6) is 0.370. The van der Waals surface area contributed by atoms with Gasteiger partial charge in [-0.2, -0.15) is 0 Å². The van der Waals surface area contributed by atoms with E-state index in [1.807, 2.05) is 0 Å². The highest BCUT2D eigenvalue weighted by molar-refractivity contribution is 6.97. The summed E-state index contributed by atoms with van der Waals surface area (Å²) in [7, 11) is 0. The summed E-state index contributed by atoms with van der Waals surface area (Å²) < 4.78 is 0. The quantitative estimate of drug-likeness (QED) is 0.105. The van der Waals surface area contributed by atoms with Gasteiger partial charge in [-0.3, -0.25) is 0 Å². The van der Waals surface area contributed by atoms with E-state index in [2.05, 4.69) is 269 Å². The number of fused-ring (bicyclic) bond motifs is 7. The minimum Gasteiger partial charge on any atom is -0.0646 e. The molecule has 8 aromatic rings. The molecule has 0 radical (unpaired) electrons. The van der Waals surface area contributed by atoms with E-state index in [-0.39, 0.29) is 62.4 Å². The second kappa shape index (κ2) is 19.4. The van der Waals surface area contributed by atoms with Crippen molar-refractivity contribution in [1.82, 2.24) is 0 Å². The largest absolute Gasteiger partial charge is 0.242 e. The fourth-order valence-electron chi connectivity index (χ4n) is 17.5. The molecule has 8 aromatic carbocycles. The van der Waals surface area contributed by atoms with Gasteiger partial charge in [-0.15, -0.1) is 0 Å². The molecule has 2 atom stereocenters. The zero-order valence-electron chi connectivity index (χ0n) is 53.5. The van der Waals surface area contributed by atoms with Gasteiger partial charge < -0.3 is 0 Å². The van der Waals surface area contributed by atoms with Crippen LogP contribution < -0.4 is 16.4 Å². The van der Waals surface area contributed by atoms with E-state index in [1.165, 1.54) is 93.3 Å². The molecule has 2 aliphatic heterocycles. The Balaban J connectivity index is 1.15. The van der Waals surface area contributed by atoms with Crippen molar-refractivity contribution in [3.63, 3.8) is 0 Å². The Morgan fingerprint density at radius 2 is 0.940 bits per heavy atom. The highest BCUT2D eigenvalue weighted by Crippen LogP contribution is 2.53. The van der Waals surface area contributed by atoms with Crippen molar-refractivity contribution in [2.75, 3.05) is 0 Å². The Hall–Kier alpha value is -6.18. The van der Waals surface area contributed by atoms with Crippen molar-refractivity contribution >= 4 is 23.1 Å². The Kier molecular flexibility index (Phi) is 13.1. The minimum atomic E-state index is -0.00637. The molecule has 0 bridgehead atoms. The number of hydrogen-bond donors (Lipinski definition) is 0. The Morgan fingerprint density at radius 1 is 0.458 bits per heavy atom. The smallest absolute Gasteiger partial charge is 0.0646 e. The van der Waals surface area contributed by atoms with E-state index >= 15 is 0 Å². The molecule has 2 unspecified atom stereocenters. The monoisotopic (exact) mass is 1090 g/mol. The molecule has 0 N–H and O–H groups in total. The lowest BCUT2D eigenvalue weighted by atomic mass is 9.31. The summed E-state index contributed by atoms with van der Waals surface area (Å²) in [6.45, 7) is 39.9. The van der Waals surface area contributed by atoms with Crippen LogP contribution >= 0.6 is 0 Å². The fraction of sp³-hybridized carbons (Fsp3) is 0.415. The second-order valence-electron chi connectivity index (χ2n) is 32.0. The van der Waals surface area contributed by atoms with Crippen molar-refractivity contribution in [2.45, 2.75) is 218 Å². The molecular formula is C82H93B. The van der Waals surface area contributed by atoms with E-state index in [4.69, 9.17) is 0 Å². The first-order chi connectivity index (χ1) is 39.1. The third-order valence-corrected chi connectivity index (χ3v) is 22.4. The van der Waals surface area contributed by atoms with Gasteiger partial charge in [0.1, 0.15) is 0 Å². The van der Waals surface area contributed by atoms with E-state index in [0.717, 1.165) is 19.3 Å². The summed E-state index contributed by atoms with van der Waals surface area (Å²) in [5.41, 5.74) is 33.4. The van der Waals surface area contributed by atoms with Crippen LogP contribution in [-0.4, -0.2) is 6.71 Å². The predicted octanol–water partition coefficient (Wildman–Crippen LogP) is 19.1. The summed E-state index contributed by atoms with van der Waals surface area (Å²) >= 11 is 0. The van der Waals surface area contributed by atoms with Crippen LogP contribution in [0, 0.1) is 6.92 Å². The first-order valence-corrected chi connectivity index (χ1v) is 32.1. The molecule has 0 saturated heterocycles. The maximum absolute atomic E-state index is 2.83. The minimum absolute atomic E-state index is 0.00637. The normalized spacial score (nSPS) is 20.8. The zero-order chi connectivity index (χ0) is 58.6. The molecule has 424 valence electrons. The van der Waals surface area contributed by atoms with Crippen LogP contribution in [0.15, 0.2) is 158 Å². The van der Waals surface area contributed by atoms with Crippen molar-refractivity contribution in [1.29, 1.82) is 0 Å². The Bertz CT molecular complexity index is 3810. The van der Waals surface area contributed by atoms with Crippen LogP contribution in [0.2, 0.25) is 0 Å². The summed E-state index contributed by atoms with van der Waals surface area (Å²) in [6.07, 6.45) is 8.95. The maximum atomic E-state index is 2.83. The lowest BCUT2D eigenvalue weighted by molar-refractivity contribution is 0.331. The van der Waals surface area contributed by atoms with Gasteiger partial charge in [-0.25, -0.2) is 0 Å². The van der Waals surface area contributed by atoms with Gasteiger partial charge in [0.05, 0.1) is 0 Å². The molecule has 0 spiro atoms. The van der Waals surface area contributed by atoms with Crippen LogP contribution in [0.25, 0.3) is 11.1 Å². The highest BCUT2D eigenvalue weighted by atomic mass is 14.5.